The molecule has 6 heteroatoms. The van der Waals surface area contributed by atoms with Gasteiger partial charge in [-0.1, -0.05) is 51.5 Å². The fourth-order valence-corrected chi connectivity index (χ4v) is 3.67. The smallest absolute Gasteiger partial charge is 0.166 e. The van der Waals surface area contributed by atoms with Crippen molar-refractivity contribution < 1.29 is 26.3 Å². The summed E-state index contributed by atoms with van der Waals surface area (Å²) < 4.78 is 80.1. The highest BCUT2D eigenvalue weighted by molar-refractivity contribution is 5.84. The van der Waals surface area contributed by atoms with Crippen LogP contribution < -0.4 is 0 Å². The predicted octanol–water partition coefficient (Wildman–Crippen LogP) is 7.94. The third-order valence-electron chi connectivity index (χ3n) is 5.34. The van der Waals surface area contributed by atoms with Crippen molar-refractivity contribution in [1.82, 2.24) is 0 Å². The lowest BCUT2D eigenvalue weighted by Gasteiger charge is -2.19. The second-order valence-corrected chi connectivity index (χ2v) is 8.42. The van der Waals surface area contributed by atoms with Gasteiger partial charge in [-0.3, -0.25) is 0 Å². The van der Waals surface area contributed by atoms with E-state index in [2.05, 4.69) is 0 Å². The van der Waals surface area contributed by atoms with Crippen LogP contribution in [0.1, 0.15) is 55.5 Å². The van der Waals surface area contributed by atoms with Gasteiger partial charge < -0.3 is 0 Å². The van der Waals surface area contributed by atoms with Gasteiger partial charge in [-0.05, 0) is 64.3 Å². The molecule has 0 fully saturated rings. The number of hydrogen-bond acceptors (Lipinski definition) is 0. The summed E-state index contributed by atoms with van der Waals surface area (Å²) in [6, 6.07) is 5.56. The molecule has 0 nitrogen and oxygen atoms in total. The molecule has 2 aromatic rings. The molecule has 0 heterocycles. The maximum atomic E-state index is 13.3. The molecule has 0 aromatic heterocycles. The molecule has 3 rings (SSSR count). The summed E-state index contributed by atoms with van der Waals surface area (Å²) in [7, 11) is 0. The van der Waals surface area contributed by atoms with Crippen molar-refractivity contribution in [3.8, 4) is 11.1 Å². The van der Waals surface area contributed by atoms with Gasteiger partial charge in [-0.25, -0.2) is 0 Å². The van der Waals surface area contributed by atoms with E-state index in [1.54, 1.807) is 6.07 Å². The first-order valence-electron chi connectivity index (χ1n) is 9.37. The molecule has 0 aliphatic heterocycles. The van der Waals surface area contributed by atoms with Crippen LogP contribution in [0.4, 0.5) is 26.3 Å². The normalized spacial score (nSPS) is 14.8. The first-order valence-corrected chi connectivity index (χ1v) is 9.37. The van der Waals surface area contributed by atoms with E-state index >= 15 is 0 Å². The SMILES string of the molecule is CCc1ccc2c(c1-c1cc(C(F)(F)F)cc(C(F)(F)F)c1)C=C(C(C)(C)C)C2. The van der Waals surface area contributed by atoms with Crippen LogP contribution in [0.2, 0.25) is 0 Å². The van der Waals surface area contributed by atoms with Gasteiger partial charge in [0, 0.05) is 0 Å². The third-order valence-corrected chi connectivity index (χ3v) is 5.34. The number of alkyl halides is 6. The number of benzene rings is 2. The lowest BCUT2D eigenvalue weighted by atomic mass is 9.85. The lowest BCUT2D eigenvalue weighted by Crippen LogP contribution is -2.11. The van der Waals surface area contributed by atoms with Crippen molar-refractivity contribution in [1.29, 1.82) is 0 Å². The molecular weight excluding hydrogens is 390 g/mol. The number of fused-ring (bicyclic) bond motifs is 1. The molecule has 0 bridgehead atoms. The lowest BCUT2D eigenvalue weighted by molar-refractivity contribution is -0.143. The molecule has 1 aliphatic rings. The molecule has 2 aromatic carbocycles. The number of halogens is 6. The Morgan fingerprint density at radius 2 is 1.38 bits per heavy atom. The summed E-state index contributed by atoms with van der Waals surface area (Å²) in [5, 5.41) is 0. The molecule has 29 heavy (non-hydrogen) atoms. The van der Waals surface area contributed by atoms with Crippen molar-refractivity contribution in [3.63, 3.8) is 0 Å². The fraction of sp³-hybridized carbons (Fsp3) is 0.391. The van der Waals surface area contributed by atoms with Gasteiger partial charge >= 0.3 is 12.4 Å². The average molecular weight is 412 g/mol. The fourth-order valence-electron chi connectivity index (χ4n) is 3.67. The Balaban J connectivity index is 2.32. The minimum atomic E-state index is -4.87. The Morgan fingerprint density at radius 3 is 1.83 bits per heavy atom. The Bertz CT molecular complexity index is 936. The van der Waals surface area contributed by atoms with Gasteiger partial charge in [0.2, 0.25) is 0 Å². The molecular formula is C23H22F6. The Hall–Kier alpha value is -2.24. The molecule has 0 N–H and O–H groups in total. The molecule has 1 aliphatic carbocycles. The topological polar surface area (TPSA) is 0 Å². The predicted molar refractivity (Wildman–Crippen MR) is 102 cm³/mol. The summed E-state index contributed by atoms with van der Waals surface area (Å²) in [5.74, 6) is 0. The van der Waals surface area contributed by atoms with Crippen LogP contribution >= 0.6 is 0 Å². The minimum absolute atomic E-state index is 0.0488. The van der Waals surface area contributed by atoms with E-state index in [4.69, 9.17) is 0 Å². The van der Waals surface area contributed by atoms with Crippen LogP contribution in [0, 0.1) is 5.41 Å². The van der Waals surface area contributed by atoms with Crippen LogP contribution in [-0.4, -0.2) is 0 Å². The third kappa shape index (κ3) is 4.21. The molecule has 156 valence electrons. The summed E-state index contributed by atoms with van der Waals surface area (Å²) >= 11 is 0. The van der Waals surface area contributed by atoms with Crippen molar-refractivity contribution in [2.24, 2.45) is 5.41 Å². The zero-order chi connectivity index (χ0) is 21.8. The minimum Gasteiger partial charge on any atom is -0.166 e. The van der Waals surface area contributed by atoms with Crippen LogP contribution in [0.3, 0.4) is 0 Å². The maximum absolute atomic E-state index is 13.3. The van der Waals surface area contributed by atoms with Crippen LogP contribution in [-0.2, 0) is 25.2 Å². The molecule has 0 amide bonds. The quantitative estimate of drug-likeness (QED) is 0.439. The van der Waals surface area contributed by atoms with E-state index in [-0.39, 0.29) is 17.0 Å². The van der Waals surface area contributed by atoms with E-state index in [1.807, 2.05) is 39.8 Å². The molecule has 0 atom stereocenters. The number of allylic oxidation sites excluding steroid dienone is 1. The Morgan fingerprint density at radius 1 is 0.828 bits per heavy atom. The van der Waals surface area contributed by atoms with Gasteiger partial charge in [-0.2, -0.15) is 26.3 Å². The number of hydrogen-bond donors (Lipinski definition) is 0. The zero-order valence-corrected chi connectivity index (χ0v) is 16.6. The highest BCUT2D eigenvalue weighted by Gasteiger charge is 2.37. The van der Waals surface area contributed by atoms with Gasteiger partial charge in [-0.15, -0.1) is 0 Å². The van der Waals surface area contributed by atoms with E-state index in [9.17, 15) is 26.3 Å². The van der Waals surface area contributed by atoms with Gasteiger partial charge in [0.25, 0.3) is 0 Å². The van der Waals surface area contributed by atoms with Gasteiger partial charge in [0.05, 0.1) is 11.1 Å². The van der Waals surface area contributed by atoms with E-state index in [0.29, 0.717) is 18.4 Å². The van der Waals surface area contributed by atoms with Crippen molar-refractivity contribution in [3.05, 3.63) is 63.7 Å². The van der Waals surface area contributed by atoms with E-state index in [1.165, 1.54) is 0 Å². The highest BCUT2D eigenvalue weighted by Crippen LogP contribution is 2.44. The van der Waals surface area contributed by atoms with Crippen LogP contribution in [0.15, 0.2) is 35.9 Å². The van der Waals surface area contributed by atoms with E-state index in [0.717, 1.165) is 34.4 Å². The highest BCUT2D eigenvalue weighted by atomic mass is 19.4. The molecule has 0 radical (unpaired) electrons. The molecule has 0 saturated heterocycles. The first kappa shape index (κ1) is 21.5. The summed E-state index contributed by atoms with van der Waals surface area (Å²) in [6.45, 7) is 7.96. The van der Waals surface area contributed by atoms with Gasteiger partial charge in [0.1, 0.15) is 0 Å². The molecule has 0 saturated carbocycles. The maximum Gasteiger partial charge on any atom is 0.416 e. The van der Waals surface area contributed by atoms with Crippen LogP contribution in [0.25, 0.3) is 17.2 Å². The largest absolute Gasteiger partial charge is 0.416 e. The second-order valence-electron chi connectivity index (χ2n) is 8.42. The standard InChI is InChI=1S/C23H22F6/c1-5-13-6-7-14-8-16(21(2,3)4)12-19(14)20(13)15-9-17(22(24,25)26)11-18(10-15)23(27,28)29/h6-7,9-12H,5,8H2,1-4H3. The molecule has 0 unspecified atom stereocenters. The van der Waals surface area contributed by atoms with E-state index < -0.39 is 23.5 Å². The molecule has 0 spiro atoms. The average Bonchev–Trinajstić information content (AvgIpc) is 3.03. The Kier molecular flexibility index (Phi) is 5.13. The monoisotopic (exact) mass is 412 g/mol. The number of rotatable bonds is 2. The summed E-state index contributed by atoms with van der Waals surface area (Å²) in [5.41, 5.74) is 1.16. The zero-order valence-electron chi connectivity index (χ0n) is 16.6. The summed E-state index contributed by atoms with van der Waals surface area (Å²) in [4.78, 5) is 0. The summed E-state index contributed by atoms with van der Waals surface area (Å²) in [6.07, 6.45) is -6.67. The van der Waals surface area contributed by atoms with Crippen molar-refractivity contribution in [2.45, 2.75) is 52.9 Å². The first-order chi connectivity index (χ1) is 13.2. The van der Waals surface area contributed by atoms with Crippen molar-refractivity contribution >= 4 is 6.08 Å². The Labute approximate surface area is 166 Å². The van der Waals surface area contributed by atoms with Crippen molar-refractivity contribution in [2.75, 3.05) is 0 Å². The number of aryl methyl sites for hydroxylation is 1. The second kappa shape index (κ2) is 6.92. The van der Waals surface area contributed by atoms with Crippen LogP contribution in [0.5, 0.6) is 0 Å². The van der Waals surface area contributed by atoms with Gasteiger partial charge in [0.15, 0.2) is 0 Å².